The Bertz CT molecular complexity index is 1070. The van der Waals surface area contributed by atoms with Gasteiger partial charge in [0.15, 0.2) is 0 Å². The van der Waals surface area contributed by atoms with E-state index in [-0.39, 0.29) is 37.0 Å². The van der Waals surface area contributed by atoms with Gasteiger partial charge in [-0.2, -0.15) is 0 Å². The first-order chi connectivity index (χ1) is 18.9. The summed E-state index contributed by atoms with van der Waals surface area (Å²) in [5.74, 6) is 5.91. The van der Waals surface area contributed by atoms with Gasteiger partial charge in [-0.3, -0.25) is 9.59 Å². The summed E-state index contributed by atoms with van der Waals surface area (Å²) in [4.78, 5) is 37.7. The van der Waals surface area contributed by atoms with E-state index in [9.17, 15) is 14.4 Å². The van der Waals surface area contributed by atoms with Crippen molar-refractivity contribution in [2.24, 2.45) is 5.92 Å². The highest BCUT2D eigenvalue weighted by atomic mass is 16.6. The second-order valence-electron chi connectivity index (χ2n) is 9.60. The second kappa shape index (κ2) is 16.0. The van der Waals surface area contributed by atoms with Gasteiger partial charge in [0.2, 0.25) is 5.91 Å². The molecule has 10 nitrogen and oxygen atoms in total. The molecule has 1 atom stereocenters. The number of hydrogen-bond acceptors (Lipinski definition) is 8. The summed E-state index contributed by atoms with van der Waals surface area (Å²) in [7, 11) is 0. The number of carbonyl (C=O) groups excluding carboxylic acids is 3. The summed E-state index contributed by atoms with van der Waals surface area (Å²) in [6.07, 6.45) is 0.941. The largest absolute Gasteiger partial charge is 0.464 e. The highest BCUT2D eigenvalue weighted by Gasteiger charge is 2.37. The number of hydrogen-bond donors (Lipinski definition) is 1. The molecule has 1 fully saturated rings. The number of rotatable bonds is 15. The fourth-order valence-electron chi connectivity index (χ4n) is 4.10. The number of nitrogens with zero attached hydrogens (tertiary/aromatic N) is 1. The van der Waals surface area contributed by atoms with Crippen molar-refractivity contribution in [1.29, 1.82) is 0 Å². The molecule has 0 saturated carbocycles. The molecule has 0 spiro atoms. The third-order valence-electron chi connectivity index (χ3n) is 6.03. The number of carbonyl (C=O) groups is 3. The Morgan fingerprint density at radius 1 is 1.08 bits per heavy atom. The van der Waals surface area contributed by atoms with E-state index in [0.29, 0.717) is 82.8 Å². The van der Waals surface area contributed by atoms with Crippen molar-refractivity contribution in [3.63, 3.8) is 0 Å². The Balaban J connectivity index is 1.25. The molecular weight excluding hydrogens is 504 g/mol. The van der Waals surface area contributed by atoms with E-state index in [4.69, 9.17) is 23.7 Å². The van der Waals surface area contributed by atoms with E-state index in [1.165, 1.54) is 0 Å². The van der Waals surface area contributed by atoms with Crippen LogP contribution < -0.4 is 5.32 Å². The number of esters is 1. The minimum Gasteiger partial charge on any atom is -0.464 e. The fourth-order valence-corrected chi connectivity index (χ4v) is 4.10. The normalized spacial score (nSPS) is 16.6. The van der Waals surface area contributed by atoms with Crippen LogP contribution in [0.1, 0.15) is 48.2 Å². The third-order valence-corrected chi connectivity index (χ3v) is 6.03. The van der Waals surface area contributed by atoms with Gasteiger partial charge in [-0.05, 0) is 30.0 Å². The van der Waals surface area contributed by atoms with E-state index in [0.717, 1.165) is 11.1 Å². The number of fused-ring (bicyclic) bond motifs is 1. The topological polar surface area (TPSA) is 113 Å². The minimum atomic E-state index is -0.371. The average molecular weight is 543 g/mol. The zero-order valence-electron chi connectivity index (χ0n) is 22.8. The molecule has 0 aromatic heterocycles. The van der Waals surface area contributed by atoms with Crippen molar-refractivity contribution in [2.45, 2.75) is 39.3 Å². The first-order valence-electron chi connectivity index (χ1n) is 13.2. The van der Waals surface area contributed by atoms with Crippen LogP contribution in [-0.4, -0.2) is 88.2 Å². The number of piperidine rings is 1. The van der Waals surface area contributed by atoms with Gasteiger partial charge in [-0.15, -0.1) is 0 Å². The molecule has 10 heteroatoms. The summed E-state index contributed by atoms with van der Waals surface area (Å²) in [5.41, 5.74) is 2.88. The smallest absolute Gasteiger partial charge is 0.332 e. The molecule has 1 aromatic rings. The van der Waals surface area contributed by atoms with Crippen molar-refractivity contribution in [3.8, 4) is 11.8 Å². The molecule has 2 aliphatic heterocycles. The van der Waals surface area contributed by atoms with Crippen LogP contribution in [0.25, 0.3) is 0 Å². The molecule has 212 valence electrons. The van der Waals surface area contributed by atoms with Crippen molar-refractivity contribution < 1.29 is 38.1 Å². The Morgan fingerprint density at radius 3 is 2.46 bits per heavy atom. The zero-order valence-corrected chi connectivity index (χ0v) is 22.8. The molecule has 39 heavy (non-hydrogen) atoms. The zero-order chi connectivity index (χ0) is 28.0. The predicted molar refractivity (Wildman–Crippen MR) is 143 cm³/mol. The van der Waals surface area contributed by atoms with E-state index in [1.807, 2.05) is 32.0 Å². The van der Waals surface area contributed by atoms with E-state index in [2.05, 4.69) is 23.7 Å². The SMILES string of the molecule is C=C1NC(=O)CCC1N1Cc2c(C#CCOCCOCCOCCOCC(=O)OCC(C)C)cccc2C1=O. The maximum Gasteiger partial charge on any atom is 0.332 e. The van der Waals surface area contributed by atoms with Gasteiger partial charge < -0.3 is 33.9 Å². The van der Waals surface area contributed by atoms with Crippen molar-refractivity contribution in [1.82, 2.24) is 10.2 Å². The van der Waals surface area contributed by atoms with Gasteiger partial charge in [0.1, 0.15) is 13.2 Å². The van der Waals surface area contributed by atoms with Crippen LogP contribution in [0.2, 0.25) is 0 Å². The second-order valence-corrected chi connectivity index (χ2v) is 9.60. The van der Waals surface area contributed by atoms with Gasteiger partial charge in [-0.1, -0.05) is 38.3 Å². The lowest BCUT2D eigenvalue weighted by Gasteiger charge is -2.32. The molecule has 0 aliphatic carbocycles. The van der Waals surface area contributed by atoms with Crippen LogP contribution in [0, 0.1) is 17.8 Å². The number of ether oxygens (including phenoxy) is 5. The number of benzene rings is 1. The molecule has 1 unspecified atom stereocenters. The van der Waals surface area contributed by atoms with Crippen molar-refractivity contribution >= 4 is 17.8 Å². The quantitative estimate of drug-likeness (QED) is 0.204. The maximum atomic E-state index is 13.0. The fraction of sp³-hybridized carbons (Fsp3) is 0.552. The molecule has 2 amide bonds. The Labute approximate surface area is 229 Å². The average Bonchev–Trinajstić information content (AvgIpc) is 3.24. The van der Waals surface area contributed by atoms with E-state index in [1.54, 1.807) is 4.90 Å². The lowest BCUT2D eigenvalue weighted by molar-refractivity contribution is -0.150. The van der Waals surface area contributed by atoms with Crippen LogP contribution in [-0.2, 0) is 39.8 Å². The van der Waals surface area contributed by atoms with Gasteiger partial charge in [0.05, 0.1) is 52.3 Å². The molecule has 0 radical (unpaired) electrons. The lowest BCUT2D eigenvalue weighted by atomic mass is 10.0. The van der Waals surface area contributed by atoms with Gasteiger partial charge >= 0.3 is 5.97 Å². The Kier molecular flexibility index (Phi) is 12.4. The Morgan fingerprint density at radius 2 is 1.77 bits per heavy atom. The molecule has 1 saturated heterocycles. The number of amides is 2. The Hall–Kier alpha value is -3.23. The van der Waals surface area contributed by atoms with Gasteiger partial charge in [-0.25, -0.2) is 4.79 Å². The summed E-state index contributed by atoms with van der Waals surface area (Å²) in [6, 6.07) is 5.32. The van der Waals surface area contributed by atoms with Crippen LogP contribution in [0.5, 0.6) is 0 Å². The summed E-state index contributed by atoms with van der Waals surface area (Å²) in [6.45, 7) is 11.2. The molecule has 3 rings (SSSR count). The molecular formula is C29H38N2O8. The van der Waals surface area contributed by atoms with E-state index >= 15 is 0 Å². The molecule has 1 N–H and O–H groups in total. The molecule has 0 bridgehead atoms. The summed E-state index contributed by atoms with van der Waals surface area (Å²) >= 11 is 0. The standard InChI is InChI=1S/C29H38N2O8/c1-21(2)19-39-28(33)20-38-17-16-37-15-14-36-13-12-35-11-5-7-23-6-4-8-24-25(23)18-31(29(24)34)26-9-10-27(32)30-22(26)3/h4,6,8,21,26H,3,9-20H2,1-2H3,(H,30,32). The van der Waals surface area contributed by atoms with Crippen molar-refractivity contribution in [3.05, 3.63) is 47.2 Å². The maximum absolute atomic E-state index is 13.0. The molecule has 2 heterocycles. The lowest BCUT2D eigenvalue weighted by Crippen LogP contribution is -2.45. The van der Waals surface area contributed by atoms with E-state index < -0.39 is 0 Å². The van der Waals surface area contributed by atoms with Crippen LogP contribution in [0.3, 0.4) is 0 Å². The molecule has 1 aromatic carbocycles. The first kappa shape index (κ1) is 30.3. The molecule has 2 aliphatic rings. The van der Waals surface area contributed by atoms with Crippen LogP contribution in [0.15, 0.2) is 30.5 Å². The number of nitrogens with one attached hydrogen (secondary N) is 1. The first-order valence-corrected chi connectivity index (χ1v) is 13.2. The predicted octanol–water partition coefficient (Wildman–Crippen LogP) is 2.05. The highest BCUT2D eigenvalue weighted by Crippen LogP contribution is 2.31. The van der Waals surface area contributed by atoms with Crippen molar-refractivity contribution in [2.75, 3.05) is 59.5 Å². The van der Waals surface area contributed by atoms with Gasteiger partial charge in [0, 0.05) is 29.8 Å². The summed E-state index contributed by atoms with van der Waals surface area (Å²) < 4.78 is 26.6. The third kappa shape index (κ3) is 9.79. The highest BCUT2D eigenvalue weighted by molar-refractivity contribution is 5.99. The van der Waals surface area contributed by atoms with Gasteiger partial charge in [0.25, 0.3) is 5.91 Å². The minimum absolute atomic E-state index is 0.0645. The monoisotopic (exact) mass is 542 g/mol. The summed E-state index contributed by atoms with van der Waals surface area (Å²) in [5, 5.41) is 2.75. The van der Waals surface area contributed by atoms with Crippen LogP contribution in [0.4, 0.5) is 0 Å². The van der Waals surface area contributed by atoms with Crippen LogP contribution >= 0.6 is 0 Å².